The quantitative estimate of drug-likeness (QED) is 0.468. The molecule has 0 saturated carbocycles. The topological polar surface area (TPSA) is 0 Å². The maximum Gasteiger partial charge on any atom is 0.0999 e. The smallest absolute Gasteiger partial charge is 0.0999 e. The summed E-state index contributed by atoms with van der Waals surface area (Å²) in [5.41, 5.74) is 1.28. The van der Waals surface area contributed by atoms with Crippen LogP contribution in [0.15, 0.2) is 23.6 Å². The molecule has 0 N–H and O–H groups in total. The fourth-order valence-electron chi connectivity index (χ4n) is 0.935. The van der Waals surface area contributed by atoms with E-state index in [0.29, 0.717) is 6.42 Å². The molecule has 1 rings (SSSR count). The zero-order valence-corrected chi connectivity index (χ0v) is 5.65. The minimum atomic E-state index is 0.0202. The summed E-state index contributed by atoms with van der Waals surface area (Å²) in [6.45, 7) is 2.04. The second-order valence-electron chi connectivity index (χ2n) is 2.48. The highest BCUT2D eigenvalue weighted by molar-refractivity contribution is 5.15. The summed E-state index contributed by atoms with van der Waals surface area (Å²) in [6.07, 6.45) is 6.06. The van der Waals surface area contributed by atoms with Crippen molar-refractivity contribution < 1.29 is 4.39 Å². The van der Waals surface area contributed by atoms with Crippen molar-refractivity contribution in [3.8, 4) is 0 Å². The molecule has 0 heterocycles. The number of rotatable bonds is 0. The molecule has 0 aromatic rings. The van der Waals surface area contributed by atoms with Crippen LogP contribution in [-0.4, -0.2) is 0 Å². The van der Waals surface area contributed by atoms with E-state index < -0.39 is 0 Å². The van der Waals surface area contributed by atoms with Gasteiger partial charge in [0.2, 0.25) is 0 Å². The maximum atomic E-state index is 12.4. The molecule has 0 aliphatic heterocycles. The van der Waals surface area contributed by atoms with E-state index in [1.165, 1.54) is 5.57 Å². The highest BCUT2D eigenvalue weighted by Gasteiger charge is 1.98. The van der Waals surface area contributed by atoms with Gasteiger partial charge in [0.1, 0.15) is 0 Å². The predicted molar refractivity (Wildman–Crippen MR) is 36.8 cm³/mol. The minimum Gasteiger partial charge on any atom is -0.212 e. The lowest BCUT2D eigenvalue weighted by Crippen LogP contribution is -1.74. The second kappa shape index (κ2) is 2.81. The Labute approximate surface area is 55.1 Å². The molecule has 0 spiro atoms. The summed E-state index contributed by atoms with van der Waals surface area (Å²) in [4.78, 5) is 0. The zero-order valence-electron chi connectivity index (χ0n) is 5.65. The summed E-state index contributed by atoms with van der Waals surface area (Å²) in [6, 6.07) is 0. The van der Waals surface area contributed by atoms with Crippen molar-refractivity contribution in [3.05, 3.63) is 23.6 Å². The number of allylic oxidation sites excluding steroid dienone is 4. The van der Waals surface area contributed by atoms with Gasteiger partial charge < -0.3 is 0 Å². The molecular weight excluding hydrogens is 115 g/mol. The summed E-state index contributed by atoms with van der Waals surface area (Å²) in [5.74, 6) is 0.0202. The number of halogens is 1. The first kappa shape index (κ1) is 6.53. The zero-order chi connectivity index (χ0) is 6.69. The first-order valence-electron chi connectivity index (χ1n) is 3.31. The van der Waals surface area contributed by atoms with Gasteiger partial charge in [-0.3, -0.25) is 0 Å². The first-order chi connectivity index (χ1) is 4.29. The molecule has 0 atom stereocenters. The van der Waals surface area contributed by atoms with Crippen LogP contribution in [-0.2, 0) is 0 Å². The van der Waals surface area contributed by atoms with Crippen LogP contribution in [0, 0.1) is 0 Å². The third kappa shape index (κ3) is 2.00. The molecule has 0 unspecified atom stereocenters. The van der Waals surface area contributed by atoms with Crippen LogP contribution in [0.2, 0.25) is 0 Å². The molecule has 0 radical (unpaired) electrons. The van der Waals surface area contributed by atoms with Gasteiger partial charge in [-0.2, -0.15) is 0 Å². The van der Waals surface area contributed by atoms with Gasteiger partial charge in [0.15, 0.2) is 0 Å². The van der Waals surface area contributed by atoms with E-state index in [9.17, 15) is 4.39 Å². The highest BCUT2D eigenvalue weighted by atomic mass is 19.1. The van der Waals surface area contributed by atoms with E-state index in [4.69, 9.17) is 0 Å². The predicted octanol–water partition coefficient (Wildman–Crippen LogP) is 2.97. The summed E-state index contributed by atoms with van der Waals surface area (Å²) >= 11 is 0. The van der Waals surface area contributed by atoms with Crippen molar-refractivity contribution in [2.24, 2.45) is 0 Å². The van der Waals surface area contributed by atoms with Crippen molar-refractivity contribution in [1.82, 2.24) is 0 Å². The second-order valence-corrected chi connectivity index (χ2v) is 2.48. The third-order valence-corrected chi connectivity index (χ3v) is 1.54. The Morgan fingerprint density at radius 2 is 2.11 bits per heavy atom. The van der Waals surface area contributed by atoms with Gasteiger partial charge in [-0.25, -0.2) is 4.39 Å². The van der Waals surface area contributed by atoms with E-state index in [2.05, 4.69) is 0 Å². The van der Waals surface area contributed by atoms with Gasteiger partial charge in [0, 0.05) is 0 Å². The Kier molecular flexibility index (Phi) is 2.04. The van der Waals surface area contributed by atoms with Crippen molar-refractivity contribution in [3.63, 3.8) is 0 Å². The molecule has 1 aliphatic carbocycles. The lowest BCUT2D eigenvalue weighted by atomic mass is 10.1. The highest BCUT2D eigenvalue weighted by Crippen LogP contribution is 2.17. The molecule has 0 aromatic heterocycles. The molecule has 0 saturated heterocycles. The molecule has 0 bridgehead atoms. The van der Waals surface area contributed by atoms with Crippen LogP contribution < -0.4 is 0 Å². The van der Waals surface area contributed by atoms with Crippen LogP contribution >= 0.6 is 0 Å². The van der Waals surface area contributed by atoms with E-state index in [1.54, 1.807) is 6.08 Å². The fraction of sp³-hybridized carbons (Fsp3) is 0.500. The number of hydrogen-bond donors (Lipinski definition) is 0. The molecule has 0 nitrogen and oxygen atoms in total. The lowest BCUT2D eigenvalue weighted by molar-refractivity contribution is 0.577. The SMILES string of the molecule is CC1=CC=C(F)CCC1. The maximum absolute atomic E-state index is 12.4. The van der Waals surface area contributed by atoms with Crippen molar-refractivity contribution in [2.45, 2.75) is 26.2 Å². The average molecular weight is 126 g/mol. The van der Waals surface area contributed by atoms with Gasteiger partial charge in [-0.1, -0.05) is 11.6 Å². The van der Waals surface area contributed by atoms with Gasteiger partial charge >= 0.3 is 0 Å². The lowest BCUT2D eigenvalue weighted by Gasteiger charge is -1.92. The largest absolute Gasteiger partial charge is 0.212 e. The van der Waals surface area contributed by atoms with Crippen molar-refractivity contribution in [1.29, 1.82) is 0 Å². The molecule has 0 fully saturated rings. The Hall–Kier alpha value is -0.590. The summed E-state index contributed by atoms with van der Waals surface area (Å²) in [5, 5.41) is 0. The molecule has 9 heavy (non-hydrogen) atoms. The van der Waals surface area contributed by atoms with Gasteiger partial charge in [-0.15, -0.1) is 0 Å². The third-order valence-electron chi connectivity index (χ3n) is 1.54. The molecule has 0 aromatic carbocycles. The van der Waals surface area contributed by atoms with Gasteiger partial charge in [-0.05, 0) is 32.3 Å². The van der Waals surface area contributed by atoms with Crippen molar-refractivity contribution in [2.75, 3.05) is 0 Å². The van der Waals surface area contributed by atoms with Gasteiger partial charge in [0.05, 0.1) is 5.83 Å². The normalized spacial score (nSPS) is 20.2. The van der Waals surface area contributed by atoms with Crippen LogP contribution in [0.5, 0.6) is 0 Å². The average Bonchev–Trinajstić information content (AvgIpc) is 1.97. The van der Waals surface area contributed by atoms with Crippen LogP contribution in [0.3, 0.4) is 0 Å². The molecule has 0 amide bonds. The Balaban J connectivity index is 2.63. The Morgan fingerprint density at radius 1 is 1.33 bits per heavy atom. The number of hydrogen-bond acceptors (Lipinski definition) is 0. The van der Waals surface area contributed by atoms with Gasteiger partial charge in [0.25, 0.3) is 0 Å². The van der Waals surface area contributed by atoms with Crippen molar-refractivity contribution >= 4 is 0 Å². The van der Waals surface area contributed by atoms with E-state index in [1.807, 2.05) is 13.0 Å². The summed E-state index contributed by atoms with van der Waals surface area (Å²) in [7, 11) is 0. The summed E-state index contributed by atoms with van der Waals surface area (Å²) < 4.78 is 12.4. The molecular formula is C8H11F. The Bertz CT molecular complexity index is 136. The van der Waals surface area contributed by atoms with Crippen LogP contribution in [0.25, 0.3) is 0 Å². The fourth-order valence-corrected chi connectivity index (χ4v) is 0.935. The van der Waals surface area contributed by atoms with E-state index in [-0.39, 0.29) is 5.83 Å². The molecule has 1 heteroatoms. The standard InChI is InChI=1S/C8H11F/c1-7-3-2-4-8(9)6-5-7/h5-6H,2-4H2,1H3. The molecule has 1 aliphatic rings. The van der Waals surface area contributed by atoms with Crippen LogP contribution in [0.4, 0.5) is 4.39 Å². The minimum absolute atomic E-state index is 0.0202. The Morgan fingerprint density at radius 3 is 2.89 bits per heavy atom. The van der Waals surface area contributed by atoms with E-state index in [0.717, 1.165) is 12.8 Å². The van der Waals surface area contributed by atoms with E-state index >= 15 is 0 Å². The van der Waals surface area contributed by atoms with Crippen LogP contribution in [0.1, 0.15) is 26.2 Å². The first-order valence-corrected chi connectivity index (χ1v) is 3.31. The molecule has 50 valence electrons. The monoisotopic (exact) mass is 126 g/mol.